The molecular weight excluding hydrogens is 308 g/mol. The lowest BCUT2D eigenvalue weighted by atomic mass is 10.1. The van der Waals surface area contributed by atoms with Crippen LogP contribution in [-0.2, 0) is 4.79 Å². The van der Waals surface area contributed by atoms with Gasteiger partial charge in [0.15, 0.2) is 5.78 Å². The first-order valence-electron chi connectivity index (χ1n) is 7.75. The summed E-state index contributed by atoms with van der Waals surface area (Å²) in [4.78, 5) is 29.6. The van der Waals surface area contributed by atoms with Gasteiger partial charge in [0, 0.05) is 12.6 Å². The van der Waals surface area contributed by atoms with Crippen molar-refractivity contribution in [3.8, 4) is 11.5 Å². The monoisotopic (exact) mass is 326 g/mol. The number of carbonyl (C=O) groups is 2. The number of benzene rings is 1. The van der Waals surface area contributed by atoms with Crippen LogP contribution in [0.5, 0.6) is 11.5 Å². The number of pyridine rings is 1. The SMILES string of the molecule is CC(=O)c1c(O)cccc1OC[C@@H]1CCC(=O)N1c1cccnc1. The number of ether oxygens (including phenoxy) is 1. The Bertz CT molecular complexity index is 761. The van der Waals surface area contributed by atoms with Gasteiger partial charge in [-0.25, -0.2) is 0 Å². The maximum absolute atomic E-state index is 12.2. The van der Waals surface area contributed by atoms with Crippen molar-refractivity contribution in [3.05, 3.63) is 48.3 Å². The third kappa shape index (κ3) is 3.08. The van der Waals surface area contributed by atoms with Crippen LogP contribution in [0.25, 0.3) is 0 Å². The summed E-state index contributed by atoms with van der Waals surface area (Å²) in [6, 6.07) is 8.19. The molecule has 0 unspecified atom stereocenters. The summed E-state index contributed by atoms with van der Waals surface area (Å²) < 4.78 is 5.77. The van der Waals surface area contributed by atoms with Crippen molar-refractivity contribution >= 4 is 17.4 Å². The van der Waals surface area contributed by atoms with E-state index in [1.807, 2.05) is 6.07 Å². The number of nitrogens with zero attached hydrogens (tertiary/aromatic N) is 2. The Balaban J connectivity index is 1.78. The second-order valence-electron chi connectivity index (χ2n) is 5.68. The molecule has 1 aromatic carbocycles. The van der Waals surface area contributed by atoms with Gasteiger partial charge in [-0.15, -0.1) is 0 Å². The summed E-state index contributed by atoms with van der Waals surface area (Å²) in [5, 5.41) is 9.85. The van der Waals surface area contributed by atoms with Crippen LogP contribution in [0.1, 0.15) is 30.1 Å². The van der Waals surface area contributed by atoms with Crippen LogP contribution in [0.4, 0.5) is 5.69 Å². The van der Waals surface area contributed by atoms with E-state index in [4.69, 9.17) is 4.74 Å². The van der Waals surface area contributed by atoms with Crippen molar-refractivity contribution in [2.75, 3.05) is 11.5 Å². The molecule has 0 bridgehead atoms. The first kappa shape index (κ1) is 16.0. The van der Waals surface area contributed by atoms with Gasteiger partial charge >= 0.3 is 0 Å². The van der Waals surface area contributed by atoms with Gasteiger partial charge < -0.3 is 14.7 Å². The molecule has 6 heteroatoms. The molecule has 124 valence electrons. The quantitative estimate of drug-likeness (QED) is 0.854. The second-order valence-corrected chi connectivity index (χ2v) is 5.68. The molecule has 1 atom stereocenters. The number of aromatic hydroxyl groups is 1. The van der Waals surface area contributed by atoms with Crippen molar-refractivity contribution < 1.29 is 19.4 Å². The highest BCUT2D eigenvalue weighted by molar-refractivity contribution is 5.99. The molecule has 1 N–H and O–H groups in total. The van der Waals surface area contributed by atoms with Gasteiger partial charge in [-0.05, 0) is 37.6 Å². The van der Waals surface area contributed by atoms with E-state index in [9.17, 15) is 14.7 Å². The summed E-state index contributed by atoms with van der Waals surface area (Å²) in [7, 11) is 0. The molecule has 1 aliphatic rings. The predicted octanol–water partition coefficient (Wildman–Crippen LogP) is 2.56. The highest BCUT2D eigenvalue weighted by Crippen LogP contribution is 2.30. The van der Waals surface area contributed by atoms with E-state index in [0.29, 0.717) is 18.6 Å². The minimum atomic E-state index is -0.269. The normalized spacial score (nSPS) is 17.1. The van der Waals surface area contributed by atoms with E-state index < -0.39 is 0 Å². The van der Waals surface area contributed by atoms with Crippen molar-refractivity contribution in [3.63, 3.8) is 0 Å². The Labute approximate surface area is 139 Å². The van der Waals surface area contributed by atoms with Gasteiger partial charge in [-0.2, -0.15) is 0 Å². The van der Waals surface area contributed by atoms with E-state index in [1.165, 1.54) is 13.0 Å². The number of rotatable bonds is 5. The molecule has 0 spiro atoms. The molecule has 0 saturated carbocycles. The van der Waals surface area contributed by atoms with Crippen molar-refractivity contribution in [1.29, 1.82) is 0 Å². The molecule has 1 saturated heterocycles. The first-order valence-corrected chi connectivity index (χ1v) is 7.75. The maximum Gasteiger partial charge on any atom is 0.227 e. The van der Waals surface area contributed by atoms with Crippen molar-refractivity contribution in [1.82, 2.24) is 4.98 Å². The predicted molar refractivity (Wildman–Crippen MR) is 88.4 cm³/mol. The van der Waals surface area contributed by atoms with Crippen LogP contribution in [0.3, 0.4) is 0 Å². The average molecular weight is 326 g/mol. The fourth-order valence-electron chi connectivity index (χ4n) is 2.93. The van der Waals surface area contributed by atoms with Crippen LogP contribution in [0, 0.1) is 0 Å². The van der Waals surface area contributed by atoms with Crippen LogP contribution < -0.4 is 9.64 Å². The molecule has 1 fully saturated rings. The Morgan fingerprint density at radius 1 is 1.38 bits per heavy atom. The van der Waals surface area contributed by atoms with E-state index in [-0.39, 0.29) is 35.7 Å². The lowest BCUT2D eigenvalue weighted by Crippen LogP contribution is -2.37. The zero-order chi connectivity index (χ0) is 17.1. The number of phenolic OH excluding ortho intramolecular Hbond substituents is 1. The molecule has 1 aliphatic heterocycles. The van der Waals surface area contributed by atoms with E-state index in [2.05, 4.69) is 4.98 Å². The molecular formula is C18H18N2O4. The number of anilines is 1. The zero-order valence-corrected chi connectivity index (χ0v) is 13.3. The number of aromatic nitrogens is 1. The number of amides is 1. The van der Waals surface area contributed by atoms with Gasteiger partial charge in [0.1, 0.15) is 23.7 Å². The fourth-order valence-corrected chi connectivity index (χ4v) is 2.93. The highest BCUT2D eigenvalue weighted by Gasteiger charge is 2.33. The average Bonchev–Trinajstić information content (AvgIpc) is 2.94. The number of ketones is 1. The molecule has 3 rings (SSSR count). The van der Waals surface area contributed by atoms with Crippen LogP contribution >= 0.6 is 0 Å². The molecule has 2 heterocycles. The lowest BCUT2D eigenvalue weighted by molar-refractivity contribution is -0.117. The van der Waals surface area contributed by atoms with Gasteiger partial charge in [0.25, 0.3) is 0 Å². The van der Waals surface area contributed by atoms with Gasteiger partial charge in [0.05, 0.1) is 17.9 Å². The largest absolute Gasteiger partial charge is 0.507 e. The van der Waals surface area contributed by atoms with E-state index >= 15 is 0 Å². The molecule has 0 radical (unpaired) electrons. The number of Topliss-reactive ketones (excluding diaryl/α,β-unsaturated/α-hetero) is 1. The Morgan fingerprint density at radius 2 is 2.21 bits per heavy atom. The van der Waals surface area contributed by atoms with Gasteiger partial charge in [-0.3, -0.25) is 14.6 Å². The Morgan fingerprint density at radius 3 is 2.92 bits per heavy atom. The molecule has 0 aliphatic carbocycles. The molecule has 1 amide bonds. The fraction of sp³-hybridized carbons (Fsp3) is 0.278. The van der Waals surface area contributed by atoms with Crippen molar-refractivity contribution in [2.24, 2.45) is 0 Å². The Hall–Kier alpha value is -2.89. The zero-order valence-electron chi connectivity index (χ0n) is 13.3. The van der Waals surface area contributed by atoms with Gasteiger partial charge in [-0.1, -0.05) is 6.07 Å². The Kier molecular flexibility index (Phi) is 4.46. The third-order valence-electron chi connectivity index (χ3n) is 4.04. The van der Waals surface area contributed by atoms with E-state index in [0.717, 1.165) is 5.69 Å². The summed E-state index contributed by atoms with van der Waals surface area (Å²) in [5.74, 6) is -0.0198. The highest BCUT2D eigenvalue weighted by atomic mass is 16.5. The second kappa shape index (κ2) is 6.70. The lowest BCUT2D eigenvalue weighted by Gasteiger charge is -2.25. The van der Waals surface area contributed by atoms with Crippen LogP contribution in [-0.4, -0.2) is 34.4 Å². The summed E-state index contributed by atoms with van der Waals surface area (Å²) in [6.07, 6.45) is 4.41. The maximum atomic E-state index is 12.2. The summed E-state index contributed by atoms with van der Waals surface area (Å²) in [6.45, 7) is 1.62. The molecule has 2 aromatic rings. The minimum Gasteiger partial charge on any atom is -0.507 e. The topological polar surface area (TPSA) is 79.7 Å². The van der Waals surface area contributed by atoms with E-state index in [1.54, 1.807) is 35.5 Å². The third-order valence-corrected chi connectivity index (χ3v) is 4.04. The summed E-state index contributed by atoms with van der Waals surface area (Å²) in [5.41, 5.74) is 0.894. The molecule has 24 heavy (non-hydrogen) atoms. The molecule has 6 nitrogen and oxygen atoms in total. The smallest absolute Gasteiger partial charge is 0.227 e. The first-order chi connectivity index (χ1) is 11.6. The standard InChI is InChI=1S/C18H18N2O4/c1-12(21)18-15(22)5-2-6-16(18)24-11-14-7-8-17(23)20(14)13-4-3-9-19-10-13/h2-6,9-10,14,22H,7-8,11H2,1H3/t14-/m0/s1. The van der Waals surface area contributed by atoms with Crippen molar-refractivity contribution in [2.45, 2.75) is 25.8 Å². The van der Waals surface area contributed by atoms with Crippen LogP contribution in [0.15, 0.2) is 42.7 Å². The minimum absolute atomic E-state index is 0.0271. The molecule has 1 aromatic heterocycles. The summed E-state index contributed by atoms with van der Waals surface area (Å²) >= 11 is 0. The number of phenols is 1. The number of carbonyl (C=O) groups excluding carboxylic acids is 2. The van der Waals surface area contributed by atoms with Crippen LogP contribution in [0.2, 0.25) is 0 Å². The number of hydrogen-bond donors (Lipinski definition) is 1. The number of hydrogen-bond acceptors (Lipinski definition) is 5. The van der Waals surface area contributed by atoms with Gasteiger partial charge in [0.2, 0.25) is 5.91 Å².